The lowest BCUT2D eigenvalue weighted by atomic mass is 9.98. The lowest BCUT2D eigenvalue weighted by Gasteiger charge is -2.40. The number of nitrogens with zero attached hydrogens (tertiary/aromatic N) is 3. The van der Waals surface area contributed by atoms with E-state index in [1.807, 2.05) is 49.4 Å². The number of fused-ring (bicyclic) bond motifs is 1. The van der Waals surface area contributed by atoms with E-state index in [2.05, 4.69) is 4.98 Å². The summed E-state index contributed by atoms with van der Waals surface area (Å²) in [6.45, 7) is 3.74. The van der Waals surface area contributed by atoms with Gasteiger partial charge in [-0.1, -0.05) is 30.4 Å². The molecule has 1 aromatic carbocycles. The Kier molecular flexibility index (Phi) is 5.58. The second-order valence-electron chi connectivity index (χ2n) is 7.54. The van der Waals surface area contributed by atoms with E-state index in [0.717, 1.165) is 16.8 Å². The lowest BCUT2D eigenvalue weighted by Crippen LogP contribution is -2.52. The van der Waals surface area contributed by atoms with Crippen molar-refractivity contribution in [3.63, 3.8) is 0 Å². The van der Waals surface area contributed by atoms with Gasteiger partial charge in [-0.05, 0) is 36.8 Å². The highest BCUT2D eigenvalue weighted by Gasteiger charge is 2.35. The van der Waals surface area contributed by atoms with Gasteiger partial charge in [0.15, 0.2) is 5.75 Å². The molecular formula is C24H24N4O3. The maximum absolute atomic E-state index is 13.1. The van der Waals surface area contributed by atoms with Crippen LogP contribution in [0.2, 0.25) is 0 Å². The van der Waals surface area contributed by atoms with Crippen LogP contribution in [-0.2, 0) is 4.79 Å². The third-order valence-corrected chi connectivity index (χ3v) is 5.32. The first-order valence-electron chi connectivity index (χ1n) is 10.1. The van der Waals surface area contributed by atoms with E-state index in [-0.39, 0.29) is 11.9 Å². The van der Waals surface area contributed by atoms with Gasteiger partial charge in [-0.15, -0.1) is 0 Å². The first-order chi connectivity index (χ1) is 15.0. The van der Waals surface area contributed by atoms with Crippen LogP contribution in [0.4, 0.5) is 16.2 Å². The maximum Gasteiger partial charge on any atom is 0.419 e. The van der Waals surface area contributed by atoms with E-state index >= 15 is 0 Å². The van der Waals surface area contributed by atoms with E-state index in [0.29, 0.717) is 30.1 Å². The molecule has 7 heteroatoms. The van der Waals surface area contributed by atoms with Gasteiger partial charge in [0.25, 0.3) is 0 Å². The third kappa shape index (κ3) is 4.07. The molecule has 158 valence electrons. The normalized spacial score (nSPS) is 17.9. The van der Waals surface area contributed by atoms with Gasteiger partial charge in [-0.2, -0.15) is 0 Å². The molecule has 2 heterocycles. The predicted octanol–water partition coefficient (Wildman–Crippen LogP) is 4.03. The molecule has 7 nitrogen and oxygen atoms in total. The molecule has 0 unspecified atom stereocenters. The van der Waals surface area contributed by atoms with E-state index in [1.165, 1.54) is 13.1 Å². The minimum absolute atomic E-state index is 0.0842. The SMILES string of the molecule is CC(=O)N1c2ccc(C3=C(N)CC=CC=C3)cc2N(C(=O)Oc2cccnc2)C[C@@H]1C. The summed E-state index contributed by atoms with van der Waals surface area (Å²) in [6.07, 6.45) is 11.0. The molecule has 1 aromatic heterocycles. The van der Waals surface area contributed by atoms with Crippen molar-refractivity contribution in [1.29, 1.82) is 0 Å². The number of ether oxygens (including phenoxy) is 1. The number of hydrogen-bond donors (Lipinski definition) is 1. The molecule has 0 saturated carbocycles. The second-order valence-corrected chi connectivity index (χ2v) is 7.54. The zero-order chi connectivity index (χ0) is 22.0. The molecule has 4 rings (SSSR count). The van der Waals surface area contributed by atoms with Crippen molar-refractivity contribution in [3.8, 4) is 5.75 Å². The van der Waals surface area contributed by atoms with E-state index in [9.17, 15) is 9.59 Å². The predicted molar refractivity (Wildman–Crippen MR) is 121 cm³/mol. The number of carbonyl (C=O) groups is 2. The summed E-state index contributed by atoms with van der Waals surface area (Å²) in [5.41, 5.74) is 10.0. The maximum atomic E-state index is 13.1. The molecule has 0 saturated heterocycles. The van der Waals surface area contributed by atoms with Crippen molar-refractivity contribution in [2.24, 2.45) is 5.73 Å². The largest absolute Gasteiger partial charge is 0.419 e. The Balaban J connectivity index is 1.77. The lowest BCUT2D eigenvalue weighted by molar-refractivity contribution is -0.117. The number of rotatable bonds is 2. The minimum Gasteiger partial charge on any atom is -0.408 e. The van der Waals surface area contributed by atoms with Gasteiger partial charge in [0.1, 0.15) is 0 Å². The van der Waals surface area contributed by atoms with Crippen LogP contribution in [0.1, 0.15) is 25.8 Å². The molecule has 2 aliphatic rings. The van der Waals surface area contributed by atoms with Crippen molar-refractivity contribution in [1.82, 2.24) is 4.98 Å². The van der Waals surface area contributed by atoms with Crippen LogP contribution in [0.5, 0.6) is 5.75 Å². The number of carbonyl (C=O) groups excluding carboxylic acids is 2. The third-order valence-electron chi connectivity index (χ3n) is 5.32. The second kappa shape index (κ2) is 8.47. The van der Waals surface area contributed by atoms with Crippen LogP contribution in [0.15, 0.2) is 72.7 Å². The Labute approximate surface area is 181 Å². The van der Waals surface area contributed by atoms with Gasteiger partial charge in [-0.3, -0.25) is 14.7 Å². The summed E-state index contributed by atoms with van der Waals surface area (Å²) >= 11 is 0. The summed E-state index contributed by atoms with van der Waals surface area (Å²) in [5.74, 6) is 0.274. The highest BCUT2D eigenvalue weighted by Crippen LogP contribution is 2.39. The molecule has 0 bridgehead atoms. The number of pyridine rings is 1. The Morgan fingerprint density at radius 1 is 1.19 bits per heavy atom. The van der Waals surface area contributed by atoms with Crippen LogP contribution in [0.3, 0.4) is 0 Å². The van der Waals surface area contributed by atoms with Crippen LogP contribution in [0, 0.1) is 0 Å². The number of benzene rings is 1. The van der Waals surface area contributed by atoms with Crippen molar-refractivity contribution < 1.29 is 14.3 Å². The Morgan fingerprint density at radius 2 is 2.03 bits per heavy atom. The standard InChI is InChI=1S/C24H24N4O3/c1-16-15-27(24(30)31-19-7-6-12-26-14-19)23-13-18(10-11-22(23)28(16)17(2)29)20-8-4-3-5-9-21(20)25/h3-8,10-14,16H,9,15,25H2,1-2H3/t16-/m0/s1. The fourth-order valence-electron chi connectivity index (χ4n) is 3.93. The summed E-state index contributed by atoms with van der Waals surface area (Å²) < 4.78 is 5.54. The molecule has 1 atom stereocenters. The quantitative estimate of drug-likeness (QED) is 0.799. The summed E-state index contributed by atoms with van der Waals surface area (Å²) in [4.78, 5) is 32.7. The van der Waals surface area contributed by atoms with Gasteiger partial charge in [0.2, 0.25) is 5.91 Å². The number of allylic oxidation sites excluding steroid dienone is 5. The van der Waals surface area contributed by atoms with Gasteiger partial charge in [0.05, 0.1) is 23.6 Å². The van der Waals surface area contributed by atoms with Crippen molar-refractivity contribution in [2.45, 2.75) is 26.3 Å². The van der Waals surface area contributed by atoms with Gasteiger partial charge in [0, 0.05) is 37.4 Å². The van der Waals surface area contributed by atoms with Gasteiger partial charge >= 0.3 is 6.09 Å². The average Bonchev–Trinajstić information content (AvgIpc) is 2.97. The highest BCUT2D eigenvalue weighted by atomic mass is 16.6. The molecule has 0 spiro atoms. The van der Waals surface area contributed by atoms with E-state index < -0.39 is 6.09 Å². The van der Waals surface area contributed by atoms with Crippen molar-refractivity contribution in [2.75, 3.05) is 16.3 Å². The molecule has 1 aliphatic carbocycles. The molecule has 0 fully saturated rings. The minimum atomic E-state index is -0.526. The van der Waals surface area contributed by atoms with E-state index in [1.54, 1.807) is 28.1 Å². The number of hydrogen-bond acceptors (Lipinski definition) is 5. The zero-order valence-electron chi connectivity index (χ0n) is 17.5. The monoisotopic (exact) mass is 416 g/mol. The van der Waals surface area contributed by atoms with Crippen LogP contribution in [-0.4, -0.2) is 29.6 Å². The first kappa shape index (κ1) is 20.4. The topological polar surface area (TPSA) is 88.8 Å². The van der Waals surface area contributed by atoms with Crippen LogP contribution >= 0.6 is 0 Å². The number of nitrogens with two attached hydrogens (primary N) is 1. The fraction of sp³-hybridized carbons (Fsp3) is 0.208. The van der Waals surface area contributed by atoms with Crippen LogP contribution < -0.4 is 20.3 Å². The highest BCUT2D eigenvalue weighted by molar-refractivity contribution is 6.03. The molecule has 2 aromatic rings. The molecule has 31 heavy (non-hydrogen) atoms. The fourth-order valence-corrected chi connectivity index (χ4v) is 3.93. The van der Waals surface area contributed by atoms with Crippen LogP contribution in [0.25, 0.3) is 5.57 Å². The summed E-state index contributed by atoms with van der Waals surface area (Å²) in [5, 5.41) is 0. The Bertz CT molecular complexity index is 1110. The molecule has 1 aliphatic heterocycles. The average molecular weight is 416 g/mol. The van der Waals surface area contributed by atoms with E-state index in [4.69, 9.17) is 10.5 Å². The van der Waals surface area contributed by atoms with Gasteiger partial charge < -0.3 is 15.4 Å². The van der Waals surface area contributed by atoms with Gasteiger partial charge in [-0.25, -0.2) is 4.79 Å². The Hall–Kier alpha value is -3.87. The Morgan fingerprint density at radius 3 is 2.77 bits per heavy atom. The summed E-state index contributed by atoms with van der Waals surface area (Å²) in [6, 6.07) is 8.84. The number of anilines is 2. The molecular weight excluding hydrogens is 392 g/mol. The molecule has 0 radical (unpaired) electrons. The number of aromatic nitrogens is 1. The molecule has 2 amide bonds. The van der Waals surface area contributed by atoms with Crippen molar-refractivity contribution in [3.05, 3.63) is 78.3 Å². The number of amides is 2. The summed E-state index contributed by atoms with van der Waals surface area (Å²) in [7, 11) is 0. The first-order valence-corrected chi connectivity index (χ1v) is 10.1. The molecule has 2 N–H and O–H groups in total. The zero-order valence-corrected chi connectivity index (χ0v) is 17.5. The van der Waals surface area contributed by atoms with Crippen molar-refractivity contribution >= 4 is 28.9 Å². The smallest absolute Gasteiger partial charge is 0.408 e.